The number of aryl methyl sites for hydroxylation is 1. The number of benzene rings is 1. The molecule has 1 unspecified atom stereocenters. The molecule has 0 saturated carbocycles. The molecule has 3 amide bonds. The highest BCUT2D eigenvalue weighted by Crippen LogP contribution is 2.21. The molecule has 0 bridgehead atoms. The van der Waals surface area contributed by atoms with Crippen molar-refractivity contribution in [1.82, 2.24) is 25.7 Å². The zero-order chi connectivity index (χ0) is 23.2. The number of aromatic nitrogens is 2. The van der Waals surface area contributed by atoms with Crippen LogP contribution < -0.4 is 16.1 Å². The topological polar surface area (TPSA) is 125 Å². The lowest BCUT2D eigenvalue weighted by Crippen LogP contribution is -2.68. The lowest BCUT2D eigenvalue weighted by atomic mass is 9.91. The molecule has 0 radical (unpaired) electrons. The average molecular weight is 433 g/mol. The first-order valence-corrected chi connectivity index (χ1v) is 8.98. The minimum atomic E-state index is -3.23. The van der Waals surface area contributed by atoms with Crippen molar-refractivity contribution in [2.45, 2.75) is 31.9 Å². The van der Waals surface area contributed by atoms with Gasteiger partial charge in [-0.3, -0.25) is 19.6 Å². The third-order valence-corrected chi connectivity index (χ3v) is 4.33. The van der Waals surface area contributed by atoms with Gasteiger partial charge in [0.25, 0.3) is 18.2 Å². The number of carbonyl (C=O) groups excluding carboxylic acids is 3. The second-order valence-electron chi connectivity index (χ2n) is 6.90. The highest BCUT2D eigenvalue weighted by molar-refractivity contribution is 5.98. The number of alkyl halides is 2. The Bertz CT molecular complexity index is 1030. The Morgan fingerprint density at radius 2 is 1.84 bits per heavy atom. The fraction of sp³-hybridized carbons (Fsp3) is 0.300. The van der Waals surface area contributed by atoms with Crippen LogP contribution in [-0.4, -0.2) is 50.5 Å². The number of hydrogen-bond donors (Lipinski definition) is 4. The molecule has 4 N–H and O–H groups in total. The Kier molecular flexibility index (Phi) is 7.44. The quantitative estimate of drug-likeness (QED) is 0.301. The maximum atomic E-state index is 13.7. The molecule has 1 heterocycles. The van der Waals surface area contributed by atoms with E-state index in [2.05, 4.69) is 22.1 Å². The summed E-state index contributed by atoms with van der Waals surface area (Å²) in [6.07, 6.45) is 0.101. The number of hydrogen-bond acceptors (Lipinski definition) is 5. The predicted octanol–water partition coefficient (Wildman–Crippen LogP) is 0.584. The van der Waals surface area contributed by atoms with Gasteiger partial charge in [-0.15, -0.1) is 0 Å². The SMILES string of the molecule is CC(=O)NC(C)(C(F)F)[C@H](NC(=O)c1ccc(C#Cc2cn(C)cn2)cc1)C(=O)NO. The van der Waals surface area contributed by atoms with Gasteiger partial charge in [0.1, 0.15) is 17.3 Å². The number of hydroxylamine groups is 1. The normalized spacial score (nSPS) is 13.4. The van der Waals surface area contributed by atoms with Crippen LogP contribution in [-0.2, 0) is 16.6 Å². The van der Waals surface area contributed by atoms with E-state index in [0.717, 1.165) is 13.8 Å². The smallest absolute Gasteiger partial charge is 0.268 e. The van der Waals surface area contributed by atoms with Crippen molar-refractivity contribution >= 4 is 17.7 Å². The van der Waals surface area contributed by atoms with Crippen molar-refractivity contribution in [1.29, 1.82) is 0 Å². The molecule has 2 aromatic rings. The summed E-state index contributed by atoms with van der Waals surface area (Å²) in [5.41, 5.74) is -0.0477. The molecule has 0 aliphatic rings. The number of nitrogens with one attached hydrogen (secondary N) is 3. The summed E-state index contributed by atoms with van der Waals surface area (Å²) in [4.78, 5) is 40.0. The van der Waals surface area contributed by atoms with Crippen LogP contribution in [0, 0.1) is 11.8 Å². The van der Waals surface area contributed by atoms with E-state index in [0.29, 0.717) is 11.3 Å². The van der Waals surface area contributed by atoms with Gasteiger partial charge in [-0.25, -0.2) is 19.2 Å². The molecular weight excluding hydrogens is 412 g/mol. The molecule has 0 aliphatic heterocycles. The molecular formula is C20H21F2N5O4. The molecule has 31 heavy (non-hydrogen) atoms. The number of amides is 3. The van der Waals surface area contributed by atoms with E-state index in [9.17, 15) is 23.2 Å². The summed E-state index contributed by atoms with van der Waals surface area (Å²) in [5, 5.41) is 13.0. The molecule has 9 nitrogen and oxygen atoms in total. The van der Waals surface area contributed by atoms with Gasteiger partial charge < -0.3 is 15.2 Å². The van der Waals surface area contributed by atoms with Crippen molar-refractivity contribution < 1.29 is 28.4 Å². The van der Waals surface area contributed by atoms with Crippen LogP contribution in [0.2, 0.25) is 0 Å². The van der Waals surface area contributed by atoms with Crippen LogP contribution >= 0.6 is 0 Å². The number of carbonyl (C=O) groups is 3. The third-order valence-electron chi connectivity index (χ3n) is 4.33. The molecule has 0 aliphatic carbocycles. The number of nitrogens with zero attached hydrogens (tertiary/aromatic N) is 2. The number of rotatable bonds is 6. The minimum absolute atomic E-state index is 0.0542. The third kappa shape index (κ3) is 5.86. The van der Waals surface area contributed by atoms with E-state index in [1.807, 2.05) is 5.32 Å². The van der Waals surface area contributed by atoms with Crippen molar-refractivity contribution in [3.8, 4) is 11.8 Å². The zero-order valence-electron chi connectivity index (χ0n) is 16.9. The monoisotopic (exact) mass is 433 g/mol. The van der Waals surface area contributed by atoms with Gasteiger partial charge in [-0.2, -0.15) is 0 Å². The number of imidazole rings is 1. The van der Waals surface area contributed by atoms with E-state index in [1.54, 1.807) is 24.1 Å². The molecule has 0 spiro atoms. The van der Waals surface area contributed by atoms with Crippen LogP contribution in [0.5, 0.6) is 0 Å². The summed E-state index contributed by atoms with van der Waals surface area (Å²) in [5.74, 6) is 2.69. The summed E-state index contributed by atoms with van der Waals surface area (Å²) in [6, 6.07) is 3.89. The van der Waals surface area contributed by atoms with Crippen LogP contribution in [0.1, 0.15) is 35.5 Å². The van der Waals surface area contributed by atoms with E-state index < -0.39 is 35.7 Å². The molecule has 2 rings (SSSR count). The van der Waals surface area contributed by atoms with Gasteiger partial charge in [0.15, 0.2) is 0 Å². The van der Waals surface area contributed by atoms with Gasteiger partial charge in [0.2, 0.25) is 5.91 Å². The van der Waals surface area contributed by atoms with Crippen LogP contribution in [0.3, 0.4) is 0 Å². The first-order valence-electron chi connectivity index (χ1n) is 8.98. The summed E-state index contributed by atoms with van der Waals surface area (Å²) in [7, 11) is 1.81. The minimum Gasteiger partial charge on any atom is -0.343 e. The number of halogens is 2. The highest BCUT2D eigenvalue weighted by atomic mass is 19.3. The predicted molar refractivity (Wildman–Crippen MR) is 105 cm³/mol. The average Bonchev–Trinajstić information content (AvgIpc) is 3.14. The molecule has 164 valence electrons. The van der Waals surface area contributed by atoms with Crippen LogP contribution in [0.15, 0.2) is 36.8 Å². The fourth-order valence-electron chi connectivity index (χ4n) is 2.72. The first kappa shape index (κ1) is 23.5. The van der Waals surface area contributed by atoms with E-state index >= 15 is 0 Å². The maximum Gasteiger partial charge on any atom is 0.268 e. The molecule has 0 fully saturated rings. The standard InChI is InChI=1S/C20H21F2N5O4/c1-12(28)25-20(2,19(21)22)16(18(30)26-31)24-17(29)14-7-4-13(5-8-14)6-9-15-10-27(3)11-23-15/h4-5,7-8,10-11,16,19,31H,1-3H3,(H,24,29)(H,25,28)(H,26,30)/t16-,20?/m1/s1. The Morgan fingerprint density at radius 3 is 2.32 bits per heavy atom. The second-order valence-corrected chi connectivity index (χ2v) is 6.90. The van der Waals surface area contributed by atoms with Crippen LogP contribution in [0.4, 0.5) is 8.78 Å². The lowest BCUT2D eigenvalue weighted by Gasteiger charge is -2.36. The van der Waals surface area contributed by atoms with Gasteiger partial charge >= 0.3 is 0 Å². The Labute approximate surface area is 176 Å². The Balaban J connectivity index is 2.22. The van der Waals surface area contributed by atoms with Gasteiger partial charge in [0.05, 0.1) is 6.33 Å². The van der Waals surface area contributed by atoms with Crippen molar-refractivity contribution in [2.24, 2.45) is 7.05 Å². The molecule has 11 heteroatoms. The van der Waals surface area contributed by atoms with Crippen molar-refractivity contribution in [2.75, 3.05) is 0 Å². The summed E-state index contributed by atoms with van der Waals surface area (Å²) < 4.78 is 29.1. The maximum absolute atomic E-state index is 13.7. The van der Waals surface area contributed by atoms with Crippen LogP contribution in [0.25, 0.3) is 0 Å². The molecule has 1 aromatic heterocycles. The van der Waals surface area contributed by atoms with Gasteiger partial charge in [0, 0.05) is 31.3 Å². The fourth-order valence-corrected chi connectivity index (χ4v) is 2.72. The molecule has 1 aromatic carbocycles. The summed E-state index contributed by atoms with van der Waals surface area (Å²) in [6.45, 7) is 1.87. The largest absolute Gasteiger partial charge is 0.343 e. The van der Waals surface area contributed by atoms with E-state index in [1.165, 1.54) is 29.7 Å². The van der Waals surface area contributed by atoms with E-state index in [4.69, 9.17) is 5.21 Å². The Morgan fingerprint density at radius 1 is 1.19 bits per heavy atom. The van der Waals surface area contributed by atoms with E-state index in [-0.39, 0.29) is 5.56 Å². The molecule has 0 saturated heterocycles. The second kappa shape index (κ2) is 9.82. The zero-order valence-corrected chi connectivity index (χ0v) is 16.9. The summed E-state index contributed by atoms with van der Waals surface area (Å²) >= 11 is 0. The molecule has 2 atom stereocenters. The Hall–Kier alpha value is -3.78. The van der Waals surface area contributed by atoms with Crippen molar-refractivity contribution in [3.05, 3.63) is 53.6 Å². The lowest BCUT2D eigenvalue weighted by molar-refractivity contribution is -0.137. The van der Waals surface area contributed by atoms with Gasteiger partial charge in [-0.1, -0.05) is 5.92 Å². The first-order chi connectivity index (χ1) is 14.6. The van der Waals surface area contributed by atoms with Crippen molar-refractivity contribution in [3.63, 3.8) is 0 Å². The van der Waals surface area contributed by atoms with Gasteiger partial charge in [-0.05, 0) is 37.1 Å². The highest BCUT2D eigenvalue weighted by Gasteiger charge is 2.48.